The predicted octanol–water partition coefficient (Wildman–Crippen LogP) is 1.71. The van der Waals surface area contributed by atoms with Gasteiger partial charge >= 0.3 is 0 Å². The molecule has 3 rings (SSSR count). The van der Waals surface area contributed by atoms with Crippen LogP contribution in [0, 0.1) is 0 Å². The molecule has 1 aliphatic heterocycles. The lowest BCUT2D eigenvalue weighted by atomic mass is 10.1. The molecule has 1 aliphatic rings. The Balaban J connectivity index is 1.83. The van der Waals surface area contributed by atoms with E-state index in [-0.39, 0.29) is 5.75 Å². The second-order valence-corrected chi connectivity index (χ2v) is 7.40. The smallest absolute Gasteiger partial charge is 0.213 e. The molecule has 6 heteroatoms. The maximum Gasteiger partial charge on any atom is 0.213 e. The Hall–Kier alpha value is -1.66. The number of pyridine rings is 1. The highest BCUT2D eigenvalue weighted by Gasteiger charge is 2.26. The van der Waals surface area contributed by atoms with E-state index in [2.05, 4.69) is 16.0 Å². The van der Waals surface area contributed by atoms with Gasteiger partial charge in [-0.1, -0.05) is 18.2 Å². The molecule has 2 aromatic rings. The molecule has 0 atom stereocenters. The summed E-state index contributed by atoms with van der Waals surface area (Å²) in [5, 5.41) is 1.11. The van der Waals surface area contributed by atoms with Crippen LogP contribution in [0.25, 0.3) is 10.9 Å². The maximum absolute atomic E-state index is 11.9. The summed E-state index contributed by atoms with van der Waals surface area (Å²) in [6, 6.07) is 10.1. The third kappa shape index (κ3) is 2.73. The van der Waals surface area contributed by atoms with Crippen molar-refractivity contribution < 1.29 is 8.42 Å². The molecule has 0 aliphatic carbocycles. The largest absolute Gasteiger partial charge is 0.367 e. The molecule has 0 saturated carbocycles. The van der Waals surface area contributed by atoms with Gasteiger partial charge in [0.1, 0.15) is 0 Å². The Kier molecular flexibility index (Phi) is 3.82. The van der Waals surface area contributed by atoms with Crippen molar-refractivity contribution in [2.75, 3.05) is 36.8 Å². The second-order valence-electron chi connectivity index (χ2n) is 5.14. The Morgan fingerprint density at radius 2 is 1.81 bits per heavy atom. The second kappa shape index (κ2) is 5.61. The van der Waals surface area contributed by atoms with Crippen molar-refractivity contribution >= 4 is 26.6 Å². The summed E-state index contributed by atoms with van der Waals surface area (Å²) in [7, 11) is -3.08. The fourth-order valence-corrected chi connectivity index (χ4v) is 3.82. The molecular formula is C15H19N3O2S. The first-order valence-corrected chi connectivity index (χ1v) is 8.79. The Morgan fingerprint density at radius 3 is 2.52 bits per heavy atom. The summed E-state index contributed by atoms with van der Waals surface area (Å²) >= 11 is 0. The number of hydrogen-bond donors (Lipinski definition) is 0. The predicted molar refractivity (Wildman–Crippen MR) is 85.0 cm³/mol. The highest BCUT2D eigenvalue weighted by Crippen LogP contribution is 2.26. The van der Waals surface area contributed by atoms with Crippen LogP contribution >= 0.6 is 0 Å². The van der Waals surface area contributed by atoms with Gasteiger partial charge in [-0.2, -0.15) is 4.31 Å². The van der Waals surface area contributed by atoms with Gasteiger partial charge in [0.2, 0.25) is 10.0 Å². The highest BCUT2D eigenvalue weighted by molar-refractivity contribution is 7.89. The number of hydrogen-bond acceptors (Lipinski definition) is 4. The van der Waals surface area contributed by atoms with E-state index in [9.17, 15) is 8.42 Å². The normalized spacial score (nSPS) is 17.3. The molecular weight excluding hydrogens is 286 g/mol. The SMILES string of the molecule is CCS(=O)(=O)N1CCN(c2cccc3cccnc23)CC1. The van der Waals surface area contributed by atoms with Crippen LogP contribution in [0.5, 0.6) is 0 Å². The first kappa shape index (κ1) is 14.3. The summed E-state index contributed by atoms with van der Waals surface area (Å²) in [5.74, 6) is 0.169. The number of aromatic nitrogens is 1. The van der Waals surface area contributed by atoms with Crippen molar-refractivity contribution in [1.29, 1.82) is 0 Å². The number of sulfonamides is 1. The van der Waals surface area contributed by atoms with Gasteiger partial charge < -0.3 is 4.90 Å². The maximum atomic E-state index is 11.9. The molecule has 0 bridgehead atoms. The van der Waals surface area contributed by atoms with Crippen LogP contribution in [0.1, 0.15) is 6.92 Å². The van der Waals surface area contributed by atoms with Gasteiger partial charge in [-0.25, -0.2) is 8.42 Å². The van der Waals surface area contributed by atoms with E-state index in [1.54, 1.807) is 17.4 Å². The average Bonchev–Trinajstić information content (AvgIpc) is 2.54. The fraction of sp³-hybridized carbons (Fsp3) is 0.400. The first-order valence-electron chi connectivity index (χ1n) is 7.18. The quantitative estimate of drug-likeness (QED) is 0.866. The number of anilines is 1. The van der Waals surface area contributed by atoms with E-state index in [4.69, 9.17) is 0 Å². The minimum absolute atomic E-state index is 0.169. The summed E-state index contributed by atoms with van der Waals surface area (Å²) in [6.45, 7) is 4.18. The van der Waals surface area contributed by atoms with Gasteiger partial charge in [-0.15, -0.1) is 0 Å². The van der Waals surface area contributed by atoms with Crippen molar-refractivity contribution in [3.8, 4) is 0 Å². The third-order valence-electron chi connectivity index (χ3n) is 3.95. The third-order valence-corrected chi connectivity index (χ3v) is 5.83. The lowest BCUT2D eigenvalue weighted by molar-refractivity contribution is 0.386. The molecule has 0 N–H and O–H groups in total. The monoisotopic (exact) mass is 305 g/mol. The van der Waals surface area contributed by atoms with Crippen LogP contribution in [0.3, 0.4) is 0 Å². The molecule has 1 aromatic carbocycles. The zero-order valence-electron chi connectivity index (χ0n) is 12.1. The summed E-state index contributed by atoms with van der Waals surface area (Å²) in [6.07, 6.45) is 1.80. The van der Waals surface area contributed by atoms with Gasteiger partial charge in [0.05, 0.1) is 17.0 Å². The molecule has 21 heavy (non-hydrogen) atoms. The lowest BCUT2D eigenvalue weighted by Gasteiger charge is -2.35. The van der Waals surface area contributed by atoms with Crippen LogP contribution in [-0.4, -0.2) is 49.6 Å². The van der Waals surface area contributed by atoms with E-state index in [0.717, 1.165) is 16.6 Å². The zero-order chi connectivity index (χ0) is 14.9. The van der Waals surface area contributed by atoms with Crippen molar-refractivity contribution in [3.05, 3.63) is 36.5 Å². The molecule has 0 spiro atoms. The van der Waals surface area contributed by atoms with E-state index in [1.807, 2.05) is 24.3 Å². The molecule has 0 unspecified atom stereocenters. The summed E-state index contributed by atoms with van der Waals surface area (Å²) < 4.78 is 25.4. The molecule has 5 nitrogen and oxygen atoms in total. The Labute approximate surface area is 125 Å². The fourth-order valence-electron chi connectivity index (χ4n) is 2.73. The van der Waals surface area contributed by atoms with E-state index < -0.39 is 10.0 Å². The van der Waals surface area contributed by atoms with Crippen LogP contribution < -0.4 is 4.90 Å². The highest BCUT2D eigenvalue weighted by atomic mass is 32.2. The van der Waals surface area contributed by atoms with Gasteiger partial charge in [-0.05, 0) is 19.1 Å². The summed E-state index contributed by atoms with van der Waals surface area (Å²) in [5.41, 5.74) is 2.06. The number of nitrogens with zero attached hydrogens (tertiary/aromatic N) is 3. The van der Waals surface area contributed by atoms with E-state index >= 15 is 0 Å². The van der Waals surface area contributed by atoms with Crippen molar-refractivity contribution in [1.82, 2.24) is 9.29 Å². The molecule has 112 valence electrons. The lowest BCUT2D eigenvalue weighted by Crippen LogP contribution is -2.49. The molecule has 2 heterocycles. The van der Waals surface area contributed by atoms with Gasteiger partial charge in [0.15, 0.2) is 0 Å². The average molecular weight is 305 g/mol. The first-order chi connectivity index (χ1) is 10.1. The van der Waals surface area contributed by atoms with Gasteiger partial charge in [0.25, 0.3) is 0 Å². The van der Waals surface area contributed by atoms with E-state index in [1.165, 1.54) is 0 Å². The van der Waals surface area contributed by atoms with Crippen molar-refractivity contribution in [3.63, 3.8) is 0 Å². The molecule has 0 amide bonds. The summed E-state index contributed by atoms with van der Waals surface area (Å²) in [4.78, 5) is 6.69. The minimum atomic E-state index is -3.08. The zero-order valence-corrected chi connectivity index (χ0v) is 12.9. The number of benzene rings is 1. The van der Waals surface area contributed by atoms with Crippen LogP contribution in [0.15, 0.2) is 36.5 Å². The number of fused-ring (bicyclic) bond motifs is 1. The van der Waals surface area contributed by atoms with Crippen molar-refractivity contribution in [2.45, 2.75) is 6.92 Å². The molecule has 1 fully saturated rings. The number of piperazine rings is 1. The Morgan fingerprint density at radius 1 is 1.10 bits per heavy atom. The van der Waals surface area contributed by atoms with E-state index in [0.29, 0.717) is 26.2 Å². The molecule has 1 saturated heterocycles. The van der Waals surface area contributed by atoms with Crippen LogP contribution in [0.2, 0.25) is 0 Å². The van der Waals surface area contributed by atoms with Crippen LogP contribution in [0.4, 0.5) is 5.69 Å². The number of para-hydroxylation sites is 1. The number of rotatable bonds is 3. The van der Waals surface area contributed by atoms with Crippen molar-refractivity contribution in [2.24, 2.45) is 0 Å². The van der Waals surface area contributed by atoms with Gasteiger partial charge in [-0.3, -0.25) is 4.98 Å². The Bertz CT molecular complexity index is 732. The molecule has 1 aromatic heterocycles. The standard InChI is InChI=1S/C15H19N3O2S/c1-2-21(19,20)18-11-9-17(10-12-18)14-7-3-5-13-6-4-8-16-15(13)14/h3-8H,2,9-12H2,1H3. The van der Waals surface area contributed by atoms with Gasteiger partial charge in [0, 0.05) is 37.8 Å². The topological polar surface area (TPSA) is 53.5 Å². The van der Waals surface area contributed by atoms with Crippen LogP contribution in [-0.2, 0) is 10.0 Å². The molecule has 0 radical (unpaired) electrons. The minimum Gasteiger partial charge on any atom is -0.367 e.